The van der Waals surface area contributed by atoms with Gasteiger partial charge in [0.15, 0.2) is 5.78 Å². The number of pyridine rings is 1. The molecule has 172 valence electrons. The van der Waals surface area contributed by atoms with Crippen molar-refractivity contribution in [3.63, 3.8) is 0 Å². The van der Waals surface area contributed by atoms with Crippen molar-refractivity contribution < 1.29 is 18.4 Å². The minimum absolute atomic E-state index is 0.0326. The summed E-state index contributed by atoms with van der Waals surface area (Å²) in [6, 6.07) is 14.7. The predicted octanol–water partition coefficient (Wildman–Crippen LogP) is 6.24. The standard InChI is InChI=1S/C27H28F2N2O2/c1-4-27(33)31(17-18(2)3)24-12-11-22(15-23(24)28)20-7-9-21(10-8-20)25(32)13-5-19-6-14-26(29)30-16-19/h6-12,14-16,18H,4-5,13,17H2,1-3H3. The molecule has 0 saturated heterocycles. The number of ketones is 1. The fraction of sp³-hybridized carbons (Fsp3) is 0.296. The van der Waals surface area contributed by atoms with E-state index in [2.05, 4.69) is 4.98 Å². The monoisotopic (exact) mass is 450 g/mol. The lowest BCUT2D eigenvalue weighted by atomic mass is 9.99. The van der Waals surface area contributed by atoms with Crippen LogP contribution >= 0.6 is 0 Å². The van der Waals surface area contributed by atoms with Gasteiger partial charge in [0, 0.05) is 31.1 Å². The molecule has 0 aliphatic carbocycles. The fourth-order valence-corrected chi connectivity index (χ4v) is 3.60. The summed E-state index contributed by atoms with van der Waals surface area (Å²) in [7, 11) is 0. The molecule has 0 unspecified atom stereocenters. The fourth-order valence-electron chi connectivity index (χ4n) is 3.60. The number of aromatic nitrogens is 1. The van der Waals surface area contributed by atoms with Crippen LogP contribution in [0.4, 0.5) is 14.5 Å². The van der Waals surface area contributed by atoms with Gasteiger partial charge in [-0.05, 0) is 47.2 Å². The van der Waals surface area contributed by atoms with Crippen molar-refractivity contribution in [1.29, 1.82) is 0 Å². The lowest BCUT2D eigenvalue weighted by molar-refractivity contribution is -0.118. The number of aryl methyl sites for hydroxylation is 1. The highest BCUT2D eigenvalue weighted by Crippen LogP contribution is 2.28. The number of amides is 1. The molecular weight excluding hydrogens is 422 g/mol. The van der Waals surface area contributed by atoms with Gasteiger partial charge in [0.05, 0.1) is 5.69 Å². The Morgan fingerprint density at radius 1 is 0.970 bits per heavy atom. The first-order valence-electron chi connectivity index (χ1n) is 11.1. The van der Waals surface area contributed by atoms with E-state index in [1.54, 1.807) is 49.4 Å². The minimum Gasteiger partial charge on any atom is -0.309 e. The number of carbonyl (C=O) groups is 2. The van der Waals surface area contributed by atoms with Gasteiger partial charge in [0.1, 0.15) is 5.82 Å². The number of carbonyl (C=O) groups excluding carboxylic acids is 2. The van der Waals surface area contributed by atoms with Crippen LogP contribution < -0.4 is 4.90 Å². The maximum atomic E-state index is 15.0. The molecule has 0 atom stereocenters. The number of anilines is 1. The van der Waals surface area contributed by atoms with Gasteiger partial charge in [-0.3, -0.25) is 9.59 Å². The molecule has 0 aliphatic heterocycles. The van der Waals surface area contributed by atoms with Crippen LogP contribution in [-0.2, 0) is 11.2 Å². The first-order chi connectivity index (χ1) is 15.8. The Hall–Kier alpha value is -3.41. The molecule has 0 bridgehead atoms. The third-order valence-electron chi connectivity index (χ3n) is 5.36. The minimum atomic E-state index is -0.547. The number of rotatable bonds is 9. The lowest BCUT2D eigenvalue weighted by Crippen LogP contribution is -2.34. The van der Waals surface area contributed by atoms with E-state index in [0.29, 0.717) is 30.5 Å². The average Bonchev–Trinajstić information content (AvgIpc) is 2.81. The number of nitrogens with zero attached hydrogens (tertiary/aromatic N) is 2. The van der Waals surface area contributed by atoms with Gasteiger partial charge in [-0.1, -0.05) is 57.2 Å². The van der Waals surface area contributed by atoms with E-state index in [1.807, 2.05) is 13.8 Å². The Kier molecular flexibility index (Phi) is 8.04. The smallest absolute Gasteiger partial charge is 0.226 e. The maximum Gasteiger partial charge on any atom is 0.226 e. The number of hydrogen-bond acceptors (Lipinski definition) is 3. The van der Waals surface area contributed by atoms with Crippen molar-refractivity contribution in [3.05, 3.63) is 83.7 Å². The Morgan fingerprint density at radius 3 is 2.24 bits per heavy atom. The van der Waals surface area contributed by atoms with Crippen LogP contribution in [0.5, 0.6) is 0 Å². The molecule has 0 fully saturated rings. The molecule has 4 nitrogen and oxygen atoms in total. The van der Waals surface area contributed by atoms with Crippen LogP contribution in [-0.4, -0.2) is 23.2 Å². The predicted molar refractivity (Wildman–Crippen MR) is 126 cm³/mol. The second kappa shape index (κ2) is 10.9. The van der Waals surface area contributed by atoms with Gasteiger partial charge < -0.3 is 4.90 Å². The van der Waals surface area contributed by atoms with Crippen molar-refractivity contribution in [2.75, 3.05) is 11.4 Å². The first kappa shape index (κ1) is 24.2. The summed E-state index contributed by atoms with van der Waals surface area (Å²) in [6.45, 7) is 6.19. The highest BCUT2D eigenvalue weighted by molar-refractivity contribution is 5.96. The van der Waals surface area contributed by atoms with Crippen LogP contribution in [0.25, 0.3) is 11.1 Å². The van der Waals surface area contributed by atoms with Gasteiger partial charge >= 0.3 is 0 Å². The molecule has 3 rings (SSSR count). The molecular formula is C27H28F2N2O2. The molecule has 3 aromatic rings. The van der Waals surface area contributed by atoms with E-state index in [0.717, 1.165) is 11.1 Å². The quantitative estimate of drug-likeness (QED) is 0.286. The van der Waals surface area contributed by atoms with Crippen LogP contribution in [0, 0.1) is 17.7 Å². The van der Waals surface area contributed by atoms with Crippen molar-refractivity contribution in [1.82, 2.24) is 4.98 Å². The summed E-state index contributed by atoms with van der Waals surface area (Å²) in [5.41, 5.74) is 3.08. The molecule has 2 aromatic carbocycles. The largest absolute Gasteiger partial charge is 0.309 e. The van der Waals surface area contributed by atoms with Crippen molar-refractivity contribution in [3.8, 4) is 11.1 Å². The molecule has 33 heavy (non-hydrogen) atoms. The lowest BCUT2D eigenvalue weighted by Gasteiger charge is -2.25. The van der Waals surface area contributed by atoms with Crippen LogP contribution in [0.2, 0.25) is 0 Å². The van der Waals surface area contributed by atoms with Gasteiger partial charge in [-0.25, -0.2) is 9.37 Å². The van der Waals surface area contributed by atoms with Crippen molar-refractivity contribution in [2.24, 2.45) is 5.92 Å². The first-order valence-corrected chi connectivity index (χ1v) is 11.1. The number of hydrogen-bond donors (Lipinski definition) is 0. The van der Waals surface area contributed by atoms with Gasteiger partial charge in [-0.15, -0.1) is 0 Å². The Morgan fingerprint density at radius 2 is 1.67 bits per heavy atom. The normalized spacial score (nSPS) is 11.0. The maximum absolute atomic E-state index is 15.0. The van der Waals surface area contributed by atoms with E-state index in [1.165, 1.54) is 23.2 Å². The van der Waals surface area contributed by atoms with Gasteiger partial charge in [0.2, 0.25) is 11.9 Å². The molecule has 1 aromatic heterocycles. The third-order valence-corrected chi connectivity index (χ3v) is 5.36. The zero-order chi connectivity index (χ0) is 24.0. The van der Waals surface area contributed by atoms with E-state index in [4.69, 9.17) is 0 Å². The highest BCUT2D eigenvalue weighted by atomic mass is 19.1. The number of Topliss-reactive ketones (excluding diaryl/α,β-unsaturated/α-hetero) is 1. The molecule has 6 heteroatoms. The second-order valence-corrected chi connectivity index (χ2v) is 8.41. The molecule has 1 amide bonds. The molecule has 0 spiro atoms. The van der Waals surface area contributed by atoms with E-state index >= 15 is 0 Å². The van der Waals surface area contributed by atoms with Gasteiger partial charge in [0.25, 0.3) is 0 Å². The summed E-state index contributed by atoms with van der Waals surface area (Å²) < 4.78 is 27.8. The van der Waals surface area contributed by atoms with E-state index < -0.39 is 11.8 Å². The highest BCUT2D eigenvalue weighted by Gasteiger charge is 2.19. The summed E-state index contributed by atoms with van der Waals surface area (Å²) in [5, 5.41) is 0. The molecule has 1 heterocycles. The molecule has 0 aliphatic rings. The molecule has 0 N–H and O–H groups in total. The van der Waals surface area contributed by atoms with E-state index in [-0.39, 0.29) is 29.7 Å². The summed E-state index contributed by atoms with van der Waals surface area (Å²) in [6.07, 6.45) is 2.50. The number of halogens is 2. The Bertz CT molecular complexity index is 1110. The zero-order valence-corrected chi connectivity index (χ0v) is 19.1. The third kappa shape index (κ3) is 6.31. The summed E-state index contributed by atoms with van der Waals surface area (Å²) in [4.78, 5) is 29.9. The Balaban J connectivity index is 1.72. The van der Waals surface area contributed by atoms with Crippen molar-refractivity contribution >= 4 is 17.4 Å². The Labute approximate surface area is 193 Å². The van der Waals surface area contributed by atoms with Crippen molar-refractivity contribution in [2.45, 2.75) is 40.0 Å². The second-order valence-electron chi connectivity index (χ2n) is 8.41. The molecule has 0 saturated carbocycles. The zero-order valence-electron chi connectivity index (χ0n) is 19.1. The van der Waals surface area contributed by atoms with Gasteiger partial charge in [-0.2, -0.15) is 4.39 Å². The van der Waals surface area contributed by atoms with Crippen LogP contribution in [0.1, 0.15) is 49.5 Å². The summed E-state index contributed by atoms with van der Waals surface area (Å²) >= 11 is 0. The SMILES string of the molecule is CCC(=O)N(CC(C)C)c1ccc(-c2ccc(C(=O)CCc3ccc(F)nc3)cc2)cc1F. The van der Waals surface area contributed by atoms with Crippen LogP contribution in [0.15, 0.2) is 60.8 Å². The molecule has 0 radical (unpaired) electrons. The topological polar surface area (TPSA) is 50.3 Å². The average molecular weight is 451 g/mol. The van der Waals surface area contributed by atoms with E-state index in [9.17, 15) is 18.4 Å². The number of benzene rings is 2. The summed E-state index contributed by atoms with van der Waals surface area (Å²) in [5.74, 6) is -0.939. The van der Waals surface area contributed by atoms with Crippen LogP contribution in [0.3, 0.4) is 0 Å².